The molecule has 0 heterocycles. The first-order chi connectivity index (χ1) is 6.39. The summed E-state index contributed by atoms with van der Waals surface area (Å²) in [4.78, 5) is -0.173. The lowest BCUT2D eigenvalue weighted by atomic mass is 10.3. The van der Waals surface area contributed by atoms with Crippen LogP contribution in [0.5, 0.6) is 0 Å². The minimum Gasteiger partial charge on any atom is -0.374 e. The van der Waals surface area contributed by atoms with Crippen molar-refractivity contribution in [2.45, 2.75) is 18.0 Å². The van der Waals surface area contributed by atoms with E-state index in [1.165, 1.54) is 31.2 Å². The molecule has 0 spiro atoms. The van der Waals surface area contributed by atoms with Gasteiger partial charge in [-0.25, -0.2) is 0 Å². The highest BCUT2D eigenvalue weighted by Crippen LogP contribution is 2.13. The SMILES string of the molecule is CC(O)Nc1ccc(S(=O)(=O)O)cc1. The van der Waals surface area contributed by atoms with Gasteiger partial charge in [-0.3, -0.25) is 4.55 Å². The van der Waals surface area contributed by atoms with Gasteiger partial charge < -0.3 is 10.4 Å². The lowest BCUT2D eigenvalue weighted by molar-refractivity contribution is 0.224. The van der Waals surface area contributed by atoms with Crippen LogP contribution in [0.1, 0.15) is 6.92 Å². The van der Waals surface area contributed by atoms with E-state index in [4.69, 9.17) is 9.66 Å². The molecule has 14 heavy (non-hydrogen) atoms. The third-order valence-corrected chi connectivity index (χ3v) is 2.40. The van der Waals surface area contributed by atoms with E-state index in [9.17, 15) is 8.42 Å². The Morgan fingerprint density at radius 1 is 1.29 bits per heavy atom. The second-order valence-corrected chi connectivity index (χ2v) is 4.24. The molecule has 0 saturated heterocycles. The molecule has 0 fully saturated rings. The summed E-state index contributed by atoms with van der Waals surface area (Å²) >= 11 is 0. The Morgan fingerprint density at radius 3 is 2.14 bits per heavy atom. The minimum atomic E-state index is -4.14. The Kier molecular flexibility index (Phi) is 3.10. The highest BCUT2D eigenvalue weighted by molar-refractivity contribution is 7.85. The van der Waals surface area contributed by atoms with Crippen LogP contribution in [-0.4, -0.2) is 24.3 Å². The molecule has 0 aromatic heterocycles. The molecule has 0 saturated carbocycles. The van der Waals surface area contributed by atoms with E-state index in [-0.39, 0.29) is 4.90 Å². The van der Waals surface area contributed by atoms with Gasteiger partial charge in [0.15, 0.2) is 0 Å². The Hall–Kier alpha value is -1.11. The number of anilines is 1. The van der Waals surface area contributed by atoms with Crippen molar-refractivity contribution in [2.24, 2.45) is 0 Å². The number of nitrogens with one attached hydrogen (secondary N) is 1. The summed E-state index contributed by atoms with van der Waals surface area (Å²) in [6.07, 6.45) is -0.716. The number of hydrogen-bond acceptors (Lipinski definition) is 4. The molecule has 1 unspecified atom stereocenters. The van der Waals surface area contributed by atoms with Gasteiger partial charge in [-0.05, 0) is 31.2 Å². The largest absolute Gasteiger partial charge is 0.374 e. The summed E-state index contributed by atoms with van der Waals surface area (Å²) in [5.74, 6) is 0. The van der Waals surface area contributed by atoms with Crippen molar-refractivity contribution >= 4 is 15.8 Å². The van der Waals surface area contributed by atoms with E-state index in [0.717, 1.165) is 0 Å². The van der Waals surface area contributed by atoms with Gasteiger partial charge >= 0.3 is 0 Å². The molecule has 0 bridgehead atoms. The maximum absolute atomic E-state index is 10.7. The first-order valence-electron chi connectivity index (χ1n) is 3.92. The van der Waals surface area contributed by atoms with Crippen molar-refractivity contribution in [1.82, 2.24) is 0 Å². The van der Waals surface area contributed by atoms with E-state index >= 15 is 0 Å². The summed E-state index contributed by atoms with van der Waals surface area (Å²) in [5.41, 5.74) is 0.576. The minimum absolute atomic E-state index is 0.173. The van der Waals surface area contributed by atoms with Crippen LogP contribution >= 0.6 is 0 Å². The quantitative estimate of drug-likeness (QED) is 0.512. The molecule has 0 radical (unpaired) electrons. The standard InChI is InChI=1S/C8H11NO4S/c1-6(10)9-7-2-4-8(5-3-7)14(11,12)13/h2-6,9-10H,1H3,(H,11,12,13). The van der Waals surface area contributed by atoms with Crippen molar-refractivity contribution in [3.8, 4) is 0 Å². The maximum Gasteiger partial charge on any atom is 0.294 e. The third-order valence-electron chi connectivity index (χ3n) is 1.53. The van der Waals surface area contributed by atoms with Gasteiger partial charge in [-0.2, -0.15) is 8.42 Å². The zero-order chi connectivity index (χ0) is 10.8. The van der Waals surface area contributed by atoms with Gasteiger partial charge in [0.1, 0.15) is 6.23 Å². The lowest BCUT2D eigenvalue weighted by Crippen LogP contribution is -2.13. The monoisotopic (exact) mass is 217 g/mol. The van der Waals surface area contributed by atoms with E-state index in [1.807, 2.05) is 0 Å². The molecule has 0 aliphatic rings. The zero-order valence-corrected chi connectivity index (χ0v) is 8.32. The fraction of sp³-hybridized carbons (Fsp3) is 0.250. The van der Waals surface area contributed by atoms with Crippen molar-refractivity contribution < 1.29 is 18.1 Å². The predicted molar refractivity (Wildman–Crippen MR) is 51.6 cm³/mol. The Morgan fingerprint density at radius 2 is 1.79 bits per heavy atom. The van der Waals surface area contributed by atoms with Crippen LogP contribution in [0.15, 0.2) is 29.2 Å². The van der Waals surface area contributed by atoms with Gasteiger partial charge in [0.2, 0.25) is 0 Å². The molecule has 5 nitrogen and oxygen atoms in total. The molecule has 0 aliphatic carbocycles. The Labute approximate surface area is 82.1 Å². The van der Waals surface area contributed by atoms with Crippen LogP contribution in [0.3, 0.4) is 0 Å². The lowest BCUT2D eigenvalue weighted by Gasteiger charge is -2.08. The molecule has 1 aromatic carbocycles. The highest BCUT2D eigenvalue weighted by atomic mass is 32.2. The first kappa shape index (κ1) is 11.0. The number of hydrogen-bond donors (Lipinski definition) is 3. The molecule has 3 N–H and O–H groups in total. The number of rotatable bonds is 3. The molecule has 0 aliphatic heterocycles. The summed E-state index contributed by atoms with van der Waals surface area (Å²) in [7, 11) is -4.14. The van der Waals surface area contributed by atoms with Gasteiger partial charge in [-0.1, -0.05) is 0 Å². The van der Waals surface area contributed by atoms with Crippen LogP contribution in [0, 0.1) is 0 Å². The average Bonchev–Trinajstić information content (AvgIpc) is 2.02. The molecular weight excluding hydrogens is 206 g/mol. The number of aliphatic hydroxyl groups is 1. The fourth-order valence-corrected chi connectivity index (χ4v) is 1.44. The van der Waals surface area contributed by atoms with E-state index in [0.29, 0.717) is 5.69 Å². The number of benzene rings is 1. The molecule has 1 atom stereocenters. The maximum atomic E-state index is 10.7. The van der Waals surface area contributed by atoms with Crippen molar-refractivity contribution in [1.29, 1.82) is 0 Å². The molecule has 1 rings (SSSR count). The van der Waals surface area contributed by atoms with E-state index in [2.05, 4.69) is 5.32 Å². The van der Waals surface area contributed by atoms with Crippen molar-refractivity contribution in [3.05, 3.63) is 24.3 Å². The van der Waals surface area contributed by atoms with Gasteiger partial charge in [0, 0.05) is 5.69 Å². The van der Waals surface area contributed by atoms with Crippen molar-refractivity contribution in [3.63, 3.8) is 0 Å². The van der Waals surface area contributed by atoms with Crippen LogP contribution < -0.4 is 5.32 Å². The van der Waals surface area contributed by atoms with Crippen LogP contribution in [-0.2, 0) is 10.1 Å². The Bertz CT molecular complexity index is 396. The third kappa shape index (κ3) is 2.99. The van der Waals surface area contributed by atoms with Crippen molar-refractivity contribution in [2.75, 3.05) is 5.32 Å². The molecular formula is C8H11NO4S. The van der Waals surface area contributed by atoms with Crippen LogP contribution in [0.4, 0.5) is 5.69 Å². The van der Waals surface area contributed by atoms with Gasteiger partial charge in [0.05, 0.1) is 4.90 Å². The summed E-state index contributed by atoms with van der Waals surface area (Å²) < 4.78 is 30.0. The van der Waals surface area contributed by atoms with Crippen LogP contribution in [0.25, 0.3) is 0 Å². The van der Waals surface area contributed by atoms with Gasteiger partial charge in [0.25, 0.3) is 10.1 Å². The topological polar surface area (TPSA) is 86.6 Å². The van der Waals surface area contributed by atoms with E-state index < -0.39 is 16.3 Å². The smallest absolute Gasteiger partial charge is 0.294 e. The van der Waals surface area contributed by atoms with Crippen LogP contribution in [0.2, 0.25) is 0 Å². The zero-order valence-electron chi connectivity index (χ0n) is 7.51. The summed E-state index contributed by atoms with van der Waals surface area (Å²) in [6.45, 7) is 1.54. The molecule has 78 valence electrons. The first-order valence-corrected chi connectivity index (χ1v) is 5.36. The molecule has 0 amide bonds. The predicted octanol–water partition coefficient (Wildman–Crippen LogP) is 0.683. The molecule has 1 aromatic rings. The van der Waals surface area contributed by atoms with E-state index in [1.54, 1.807) is 0 Å². The Balaban J connectivity index is 2.90. The molecule has 6 heteroatoms. The summed E-state index contributed by atoms with van der Waals surface area (Å²) in [6, 6.07) is 5.41. The highest BCUT2D eigenvalue weighted by Gasteiger charge is 2.08. The van der Waals surface area contributed by atoms with Gasteiger partial charge in [-0.15, -0.1) is 0 Å². The second kappa shape index (κ2) is 3.95. The second-order valence-electron chi connectivity index (χ2n) is 2.82. The fourth-order valence-electron chi connectivity index (χ4n) is 0.964. The number of aliphatic hydroxyl groups excluding tert-OH is 1. The summed E-state index contributed by atoms with van der Waals surface area (Å²) in [5, 5.41) is 11.6. The normalized spacial score (nSPS) is 13.6. The average molecular weight is 217 g/mol.